The molecule has 3 aromatic carbocycles. The Balaban J connectivity index is 1.72. The lowest BCUT2D eigenvalue weighted by Crippen LogP contribution is -2.16. The zero-order valence-corrected chi connectivity index (χ0v) is 18.0. The first kappa shape index (κ1) is 21.6. The number of carbonyl (C=O) groups excluding carboxylic acids is 1. The number of nitrogens with one attached hydrogen (secondary N) is 2. The van der Waals surface area contributed by atoms with E-state index in [1.54, 1.807) is 32.0 Å². The van der Waals surface area contributed by atoms with Crippen LogP contribution >= 0.6 is 0 Å². The highest BCUT2D eigenvalue weighted by Crippen LogP contribution is 2.22. The molecule has 6 heteroatoms. The summed E-state index contributed by atoms with van der Waals surface area (Å²) in [4.78, 5) is 12.9. The van der Waals surface area contributed by atoms with Crippen molar-refractivity contribution in [3.63, 3.8) is 0 Å². The molecule has 3 rings (SSSR count). The molecule has 156 valence electrons. The van der Waals surface area contributed by atoms with Gasteiger partial charge in [-0.2, -0.15) is 0 Å². The van der Waals surface area contributed by atoms with E-state index in [0.29, 0.717) is 16.9 Å². The molecule has 0 aliphatic heterocycles. The normalized spacial score (nSPS) is 11.1. The summed E-state index contributed by atoms with van der Waals surface area (Å²) in [7, 11) is -3.35. The second kappa shape index (κ2) is 9.59. The highest BCUT2D eigenvalue weighted by molar-refractivity contribution is 7.92. The van der Waals surface area contributed by atoms with Gasteiger partial charge in [0.25, 0.3) is 5.91 Å². The molecule has 0 bridgehead atoms. The second-order valence-electron chi connectivity index (χ2n) is 7.13. The van der Waals surface area contributed by atoms with E-state index in [1.165, 1.54) is 5.56 Å². The molecule has 1 amide bonds. The lowest BCUT2D eigenvalue weighted by atomic mass is 9.99. The Bertz CT molecular complexity index is 1130. The van der Waals surface area contributed by atoms with Crippen LogP contribution in [0.5, 0.6) is 0 Å². The van der Waals surface area contributed by atoms with Crippen molar-refractivity contribution in [3.05, 3.63) is 95.1 Å². The zero-order chi connectivity index (χ0) is 21.6. The fourth-order valence-corrected chi connectivity index (χ4v) is 3.89. The van der Waals surface area contributed by atoms with Crippen molar-refractivity contribution in [1.82, 2.24) is 0 Å². The Kier molecular flexibility index (Phi) is 6.90. The summed E-state index contributed by atoms with van der Waals surface area (Å²) in [5.74, 6) is -0.176. The topological polar surface area (TPSA) is 75.3 Å². The molecule has 30 heavy (non-hydrogen) atoms. The molecule has 0 unspecified atom stereocenters. The van der Waals surface area contributed by atoms with Gasteiger partial charge in [-0.05, 0) is 67.6 Å². The lowest BCUT2D eigenvalue weighted by molar-refractivity contribution is 0.102. The van der Waals surface area contributed by atoms with Crippen LogP contribution in [0, 0.1) is 6.92 Å². The lowest BCUT2D eigenvalue weighted by Gasteiger charge is -2.13. The molecule has 0 atom stereocenters. The summed E-state index contributed by atoms with van der Waals surface area (Å²) < 4.78 is 26.1. The maximum absolute atomic E-state index is 12.9. The molecule has 0 spiro atoms. The zero-order valence-electron chi connectivity index (χ0n) is 17.2. The minimum atomic E-state index is -3.35. The average molecular weight is 423 g/mol. The molecular formula is C24H26N2O3S. The van der Waals surface area contributed by atoms with Gasteiger partial charge >= 0.3 is 0 Å². The Hall–Kier alpha value is -3.12. The molecular weight excluding hydrogens is 396 g/mol. The van der Waals surface area contributed by atoms with Gasteiger partial charge in [0.1, 0.15) is 0 Å². The number of sulfonamides is 1. The van der Waals surface area contributed by atoms with E-state index in [-0.39, 0.29) is 11.7 Å². The first-order valence-electron chi connectivity index (χ1n) is 9.92. The van der Waals surface area contributed by atoms with Gasteiger partial charge in [-0.3, -0.25) is 9.52 Å². The van der Waals surface area contributed by atoms with Gasteiger partial charge in [0, 0.05) is 11.3 Å². The van der Waals surface area contributed by atoms with E-state index in [0.717, 1.165) is 24.0 Å². The van der Waals surface area contributed by atoms with Crippen LogP contribution in [-0.2, 0) is 22.9 Å². The van der Waals surface area contributed by atoms with E-state index in [4.69, 9.17) is 0 Å². The van der Waals surface area contributed by atoms with Gasteiger partial charge in [0.2, 0.25) is 10.0 Å². The van der Waals surface area contributed by atoms with Crippen molar-refractivity contribution in [2.75, 3.05) is 15.8 Å². The highest BCUT2D eigenvalue weighted by atomic mass is 32.2. The van der Waals surface area contributed by atoms with Crippen LogP contribution in [0.1, 0.15) is 34.0 Å². The van der Waals surface area contributed by atoms with Crippen molar-refractivity contribution >= 4 is 27.3 Å². The number of hydrogen-bond donors (Lipinski definition) is 2. The largest absolute Gasteiger partial charge is 0.322 e. The number of anilines is 2. The number of carbonyl (C=O) groups is 1. The van der Waals surface area contributed by atoms with Gasteiger partial charge < -0.3 is 5.32 Å². The Morgan fingerprint density at radius 1 is 0.900 bits per heavy atom. The first-order valence-corrected chi connectivity index (χ1v) is 11.6. The Morgan fingerprint density at radius 2 is 1.60 bits per heavy atom. The number of aryl methyl sites for hydroxylation is 3. The monoisotopic (exact) mass is 422 g/mol. The summed E-state index contributed by atoms with van der Waals surface area (Å²) in [5, 5.41) is 2.93. The summed E-state index contributed by atoms with van der Waals surface area (Å²) >= 11 is 0. The Labute approximate surface area is 178 Å². The minimum Gasteiger partial charge on any atom is -0.322 e. The van der Waals surface area contributed by atoms with Crippen LogP contribution in [0.3, 0.4) is 0 Å². The van der Waals surface area contributed by atoms with Gasteiger partial charge in [0.05, 0.1) is 11.4 Å². The van der Waals surface area contributed by atoms with Crippen LogP contribution in [0.15, 0.2) is 72.8 Å². The third-order valence-corrected chi connectivity index (χ3v) is 6.21. The van der Waals surface area contributed by atoms with Gasteiger partial charge in [-0.15, -0.1) is 0 Å². The van der Waals surface area contributed by atoms with E-state index >= 15 is 0 Å². The third kappa shape index (κ3) is 5.70. The van der Waals surface area contributed by atoms with Crippen LogP contribution in [0.2, 0.25) is 0 Å². The van der Waals surface area contributed by atoms with Gasteiger partial charge in [-0.1, -0.05) is 48.5 Å². The molecule has 0 fully saturated rings. The molecule has 3 aromatic rings. The smallest absolute Gasteiger partial charge is 0.255 e. The van der Waals surface area contributed by atoms with Crippen LogP contribution in [-0.4, -0.2) is 20.1 Å². The van der Waals surface area contributed by atoms with E-state index in [2.05, 4.69) is 22.2 Å². The van der Waals surface area contributed by atoms with Crippen molar-refractivity contribution in [1.29, 1.82) is 0 Å². The standard InChI is InChI=1S/C24H26N2O3S/c1-3-30(28,29)26-23-16-15-21(17-18(23)2)25-24(27)22-12-8-7-11-20(22)14-13-19-9-5-4-6-10-19/h4-12,15-17,26H,3,13-14H2,1-2H3,(H,25,27). The SMILES string of the molecule is CCS(=O)(=O)Nc1ccc(NC(=O)c2ccccc2CCc2ccccc2)cc1C. The maximum Gasteiger partial charge on any atom is 0.255 e. The summed E-state index contributed by atoms with van der Waals surface area (Å²) in [6, 6.07) is 22.9. The number of rotatable bonds is 8. The predicted octanol–water partition coefficient (Wildman–Crippen LogP) is 4.79. The van der Waals surface area contributed by atoms with Crippen LogP contribution in [0.25, 0.3) is 0 Å². The number of hydrogen-bond acceptors (Lipinski definition) is 3. The number of amides is 1. The maximum atomic E-state index is 12.9. The molecule has 5 nitrogen and oxygen atoms in total. The van der Waals surface area contributed by atoms with E-state index in [1.807, 2.05) is 42.5 Å². The molecule has 0 saturated carbocycles. The molecule has 0 aliphatic carbocycles. The Morgan fingerprint density at radius 3 is 2.30 bits per heavy atom. The van der Waals surface area contributed by atoms with Crippen LogP contribution < -0.4 is 10.0 Å². The average Bonchev–Trinajstić information content (AvgIpc) is 2.75. The van der Waals surface area contributed by atoms with Crippen molar-refractivity contribution in [2.45, 2.75) is 26.7 Å². The summed E-state index contributed by atoms with van der Waals surface area (Å²) in [6.45, 7) is 3.39. The molecule has 0 aliphatic rings. The van der Waals surface area contributed by atoms with Crippen molar-refractivity contribution in [2.24, 2.45) is 0 Å². The fraction of sp³-hybridized carbons (Fsp3) is 0.208. The second-order valence-corrected chi connectivity index (χ2v) is 9.14. The van der Waals surface area contributed by atoms with E-state index in [9.17, 15) is 13.2 Å². The first-order chi connectivity index (χ1) is 14.4. The molecule has 0 aromatic heterocycles. The fourth-order valence-electron chi connectivity index (χ4n) is 3.18. The molecule has 2 N–H and O–H groups in total. The molecule has 0 saturated heterocycles. The summed E-state index contributed by atoms with van der Waals surface area (Å²) in [6.07, 6.45) is 1.63. The summed E-state index contributed by atoms with van der Waals surface area (Å²) in [5.41, 5.74) is 4.73. The van der Waals surface area contributed by atoms with Crippen LogP contribution in [0.4, 0.5) is 11.4 Å². The van der Waals surface area contributed by atoms with Crippen molar-refractivity contribution < 1.29 is 13.2 Å². The predicted molar refractivity (Wildman–Crippen MR) is 123 cm³/mol. The highest BCUT2D eigenvalue weighted by Gasteiger charge is 2.13. The molecule has 0 radical (unpaired) electrons. The number of benzene rings is 3. The van der Waals surface area contributed by atoms with E-state index < -0.39 is 10.0 Å². The van der Waals surface area contributed by atoms with Gasteiger partial charge in [0.15, 0.2) is 0 Å². The third-order valence-electron chi connectivity index (χ3n) is 4.92. The minimum absolute atomic E-state index is 0.00466. The quantitative estimate of drug-likeness (QED) is 0.548. The molecule has 0 heterocycles. The van der Waals surface area contributed by atoms with Gasteiger partial charge in [-0.25, -0.2) is 8.42 Å². The van der Waals surface area contributed by atoms with Crippen molar-refractivity contribution in [3.8, 4) is 0 Å².